The summed E-state index contributed by atoms with van der Waals surface area (Å²) < 4.78 is 0. The fourth-order valence-electron chi connectivity index (χ4n) is 7.41. The molecule has 0 aliphatic carbocycles. The minimum atomic E-state index is -1.46. The number of aliphatic hydroxyl groups is 1. The minimum Gasteiger partial charge on any atom is -0.394 e. The van der Waals surface area contributed by atoms with E-state index in [-0.39, 0.29) is 45.1 Å². The number of nitrogens with zero attached hydrogens (tertiary/aromatic N) is 1. The van der Waals surface area contributed by atoms with Gasteiger partial charge >= 0.3 is 0 Å². The molecule has 17 nitrogen and oxygen atoms in total. The van der Waals surface area contributed by atoms with Gasteiger partial charge in [-0.05, 0) is 80.2 Å². The predicted octanol–water partition coefficient (Wildman–Crippen LogP) is -0.183. The average molecular weight is 902 g/mol. The normalized spacial score (nSPS) is 16.2. The van der Waals surface area contributed by atoms with Gasteiger partial charge in [0.2, 0.25) is 41.4 Å². The first-order valence-corrected chi connectivity index (χ1v) is 23.0. The highest BCUT2D eigenvalue weighted by Crippen LogP contribution is 2.20. The van der Waals surface area contributed by atoms with Gasteiger partial charge in [-0.1, -0.05) is 91.0 Å². The van der Waals surface area contributed by atoms with E-state index in [1.807, 2.05) is 42.7 Å². The maximum Gasteiger partial charge on any atom is 0.248 e. The van der Waals surface area contributed by atoms with Gasteiger partial charge < -0.3 is 53.8 Å². The van der Waals surface area contributed by atoms with E-state index < -0.39 is 90.3 Å². The van der Waals surface area contributed by atoms with Crippen LogP contribution in [0.1, 0.15) is 55.2 Å². The van der Waals surface area contributed by atoms with Crippen LogP contribution in [0.25, 0.3) is 0 Å². The lowest BCUT2D eigenvalue weighted by Gasteiger charge is -2.30. The zero-order valence-corrected chi connectivity index (χ0v) is 37.1. The van der Waals surface area contributed by atoms with E-state index in [4.69, 9.17) is 17.2 Å². The second kappa shape index (κ2) is 26.7. The second-order valence-electron chi connectivity index (χ2n) is 15.8. The van der Waals surface area contributed by atoms with Crippen molar-refractivity contribution in [3.63, 3.8) is 0 Å². The lowest BCUT2D eigenvalue weighted by Crippen LogP contribution is -2.60. The highest BCUT2D eigenvalue weighted by atomic mass is 32.2. The number of amides is 7. The number of carbonyl (C=O) groups excluding carboxylic acids is 7. The minimum absolute atomic E-state index is 0.0372. The number of hydrogen-bond acceptors (Lipinski definition) is 11. The van der Waals surface area contributed by atoms with Crippen molar-refractivity contribution in [1.82, 2.24) is 31.5 Å². The summed E-state index contributed by atoms with van der Waals surface area (Å²) in [6.07, 6.45) is 4.37. The third-order valence-corrected chi connectivity index (χ3v) is 11.6. The molecular formula is C46H63N9O8S. The van der Waals surface area contributed by atoms with Crippen molar-refractivity contribution in [2.24, 2.45) is 17.2 Å². The highest BCUT2D eigenvalue weighted by molar-refractivity contribution is 7.98. The topological polar surface area (TPSA) is 281 Å². The molecule has 4 rings (SSSR count). The molecule has 0 spiro atoms. The highest BCUT2D eigenvalue weighted by Gasteiger charge is 2.40. The Balaban J connectivity index is 1.47. The Hall–Kier alpha value is -5.82. The van der Waals surface area contributed by atoms with Crippen molar-refractivity contribution < 1.29 is 38.7 Å². The Morgan fingerprint density at radius 1 is 0.656 bits per heavy atom. The van der Waals surface area contributed by atoms with Gasteiger partial charge in [0.1, 0.15) is 36.3 Å². The van der Waals surface area contributed by atoms with Gasteiger partial charge in [0.15, 0.2) is 0 Å². The molecule has 3 aromatic rings. The molecule has 7 amide bonds. The number of nitrogens with one attached hydrogen (secondary N) is 5. The quantitative estimate of drug-likeness (QED) is 0.0477. The first kappa shape index (κ1) is 50.8. The van der Waals surface area contributed by atoms with E-state index in [9.17, 15) is 38.7 Å². The summed E-state index contributed by atoms with van der Waals surface area (Å²) in [5.74, 6) is -4.20. The lowest BCUT2D eigenvalue weighted by atomic mass is 10.0. The Morgan fingerprint density at radius 2 is 1.14 bits per heavy atom. The lowest BCUT2D eigenvalue weighted by molar-refractivity contribution is -0.143. The van der Waals surface area contributed by atoms with Crippen LogP contribution >= 0.6 is 11.8 Å². The van der Waals surface area contributed by atoms with E-state index in [2.05, 4.69) is 26.6 Å². The van der Waals surface area contributed by atoms with Crippen LogP contribution in [0.2, 0.25) is 0 Å². The van der Waals surface area contributed by atoms with Gasteiger partial charge in [-0.2, -0.15) is 11.8 Å². The van der Waals surface area contributed by atoms with E-state index in [1.165, 1.54) is 16.7 Å². The summed E-state index contributed by atoms with van der Waals surface area (Å²) >= 11 is 1.46. The van der Waals surface area contributed by atoms with Crippen LogP contribution in [0.5, 0.6) is 0 Å². The molecule has 1 saturated heterocycles. The molecule has 1 aliphatic heterocycles. The number of thioether (sulfide) groups is 1. The standard InChI is InChI=1S/C46H63N9O8S/c1-64-25-22-35(43(60)52-36(40(49)57)27-31-16-7-3-8-17-31)51-44(61)37(28-32-18-9-4-10-19-32)53-45(62)39-21-13-24-55(39)46(63)38(29-56)54-42(59)34(20-11-12-23-47)50-41(58)33(48)26-30-14-5-2-6-15-30/h2-10,14-19,33-39,56H,11-13,20-29,47-48H2,1H3,(H2,49,57)(H,50,58)(H,51,61)(H,52,60)(H,53,62)(H,54,59)/t33-,34-,35-,36-,37-,38-,39-/m0/s1. The predicted molar refractivity (Wildman–Crippen MR) is 245 cm³/mol. The molecule has 0 bridgehead atoms. The van der Waals surface area contributed by atoms with Crippen molar-refractivity contribution in [2.45, 2.75) is 100 Å². The second-order valence-corrected chi connectivity index (χ2v) is 16.8. The summed E-state index contributed by atoms with van der Waals surface area (Å²) in [6.45, 7) is -0.308. The molecule has 346 valence electrons. The van der Waals surface area contributed by atoms with Gasteiger partial charge in [0.05, 0.1) is 12.6 Å². The number of carbonyl (C=O) groups is 7. The van der Waals surface area contributed by atoms with Crippen LogP contribution in [-0.4, -0.2) is 125 Å². The SMILES string of the molecule is CSCC[C@H](NC(=O)[C@H](Cc1ccccc1)NC(=O)[C@@H]1CCCN1C(=O)[C@H](CO)NC(=O)[C@H](CCCCN)NC(=O)[C@@H](N)Cc1ccccc1)C(=O)N[C@@H](Cc1ccccc1)C(N)=O. The summed E-state index contributed by atoms with van der Waals surface area (Å²) in [5.41, 5.74) is 19.9. The number of unbranched alkanes of at least 4 members (excludes halogenated alkanes) is 1. The first-order valence-electron chi connectivity index (χ1n) is 21.6. The zero-order valence-electron chi connectivity index (χ0n) is 36.3. The number of benzene rings is 3. The number of primary amides is 1. The molecule has 1 heterocycles. The van der Waals surface area contributed by atoms with Crippen molar-refractivity contribution >= 4 is 53.1 Å². The fourth-order valence-corrected chi connectivity index (χ4v) is 7.88. The van der Waals surface area contributed by atoms with Crippen LogP contribution in [0.4, 0.5) is 0 Å². The Kier molecular flexibility index (Phi) is 21.2. The summed E-state index contributed by atoms with van der Waals surface area (Å²) in [6, 6.07) is 19.2. The third kappa shape index (κ3) is 16.1. The van der Waals surface area contributed by atoms with Crippen molar-refractivity contribution in [3.05, 3.63) is 108 Å². The molecule has 1 fully saturated rings. The number of hydrogen-bond donors (Lipinski definition) is 9. The monoisotopic (exact) mass is 901 g/mol. The maximum absolute atomic E-state index is 14.1. The molecule has 18 heteroatoms. The van der Waals surface area contributed by atoms with E-state index >= 15 is 0 Å². The van der Waals surface area contributed by atoms with Gasteiger partial charge in [-0.25, -0.2) is 0 Å². The van der Waals surface area contributed by atoms with Gasteiger partial charge in [0.25, 0.3) is 0 Å². The van der Waals surface area contributed by atoms with Crippen molar-refractivity contribution in [1.29, 1.82) is 0 Å². The summed E-state index contributed by atoms with van der Waals surface area (Å²) in [7, 11) is 0. The Morgan fingerprint density at radius 3 is 1.67 bits per heavy atom. The Bertz CT molecular complexity index is 1980. The number of nitrogens with two attached hydrogens (primary N) is 3. The molecule has 64 heavy (non-hydrogen) atoms. The Labute approximate surface area is 378 Å². The van der Waals surface area contributed by atoms with E-state index in [1.54, 1.807) is 54.6 Å². The summed E-state index contributed by atoms with van der Waals surface area (Å²) in [4.78, 5) is 96.5. The van der Waals surface area contributed by atoms with Gasteiger partial charge in [0, 0.05) is 19.4 Å². The van der Waals surface area contributed by atoms with Crippen molar-refractivity contribution in [3.8, 4) is 0 Å². The molecule has 12 N–H and O–H groups in total. The van der Waals surface area contributed by atoms with Crippen molar-refractivity contribution in [2.75, 3.05) is 31.7 Å². The molecule has 0 radical (unpaired) electrons. The van der Waals surface area contributed by atoms with E-state index in [0.717, 1.165) is 11.1 Å². The van der Waals surface area contributed by atoms with Crippen LogP contribution in [0.3, 0.4) is 0 Å². The van der Waals surface area contributed by atoms with Crippen LogP contribution in [0.15, 0.2) is 91.0 Å². The number of aliphatic hydroxyl groups excluding tert-OH is 1. The molecular weight excluding hydrogens is 839 g/mol. The molecule has 0 aromatic heterocycles. The van der Waals surface area contributed by atoms with E-state index in [0.29, 0.717) is 37.1 Å². The molecule has 7 atom stereocenters. The fraction of sp³-hybridized carbons (Fsp3) is 0.457. The van der Waals surface area contributed by atoms with Crippen LogP contribution in [0, 0.1) is 0 Å². The molecule has 0 unspecified atom stereocenters. The number of likely N-dealkylation sites (tertiary alicyclic amines) is 1. The van der Waals surface area contributed by atoms with Crippen LogP contribution < -0.4 is 43.8 Å². The first-order chi connectivity index (χ1) is 30.8. The summed E-state index contributed by atoms with van der Waals surface area (Å²) in [5, 5.41) is 23.9. The zero-order chi connectivity index (χ0) is 46.4. The third-order valence-electron chi connectivity index (χ3n) is 11.0. The number of rotatable bonds is 26. The molecule has 3 aromatic carbocycles. The average Bonchev–Trinajstić information content (AvgIpc) is 3.80. The smallest absolute Gasteiger partial charge is 0.248 e. The molecule has 1 aliphatic rings. The largest absolute Gasteiger partial charge is 0.394 e. The molecule has 0 saturated carbocycles. The van der Waals surface area contributed by atoms with Gasteiger partial charge in [-0.15, -0.1) is 0 Å². The van der Waals surface area contributed by atoms with Crippen LogP contribution in [-0.2, 0) is 52.8 Å². The van der Waals surface area contributed by atoms with Gasteiger partial charge in [-0.3, -0.25) is 33.6 Å². The maximum atomic E-state index is 14.1.